The molecule has 2 unspecified atom stereocenters. The number of aryl methyl sites for hydroxylation is 1. The van der Waals surface area contributed by atoms with Gasteiger partial charge in [-0.25, -0.2) is 0 Å². The Kier molecular flexibility index (Phi) is 4.75. The van der Waals surface area contributed by atoms with Gasteiger partial charge in [0.05, 0.1) is 9.71 Å². The van der Waals surface area contributed by atoms with Crippen LogP contribution in [0.15, 0.2) is 6.07 Å². The Bertz CT molecular complexity index is 274. The van der Waals surface area contributed by atoms with Crippen LogP contribution < -0.4 is 0 Å². The fraction of sp³-hybridized carbons (Fsp3) is 0.636. The van der Waals surface area contributed by atoms with Gasteiger partial charge >= 0.3 is 0 Å². The van der Waals surface area contributed by atoms with Gasteiger partial charge in [-0.3, -0.25) is 0 Å². The van der Waals surface area contributed by atoms with Gasteiger partial charge in [0.1, 0.15) is 0 Å². The lowest BCUT2D eigenvalue weighted by Gasteiger charge is -2.12. The maximum Gasteiger partial charge on any atom is 0.0960 e. The fourth-order valence-corrected chi connectivity index (χ4v) is 2.98. The van der Waals surface area contributed by atoms with E-state index in [0.717, 1.165) is 16.3 Å². The van der Waals surface area contributed by atoms with E-state index in [1.54, 1.807) is 11.3 Å². The molecule has 0 radical (unpaired) electrons. The van der Waals surface area contributed by atoms with E-state index in [-0.39, 0.29) is 5.38 Å². The summed E-state index contributed by atoms with van der Waals surface area (Å²) >= 11 is 13.9. The molecule has 0 fully saturated rings. The van der Waals surface area contributed by atoms with Gasteiger partial charge in [-0.15, -0.1) is 22.9 Å². The Morgan fingerprint density at radius 1 is 1.50 bits per heavy atom. The molecule has 80 valence electrons. The zero-order chi connectivity index (χ0) is 10.7. The Hall–Kier alpha value is 0.280. The van der Waals surface area contributed by atoms with Crippen LogP contribution >= 0.6 is 34.5 Å². The maximum absolute atomic E-state index is 6.32. The number of hydrogen-bond donors (Lipinski definition) is 0. The van der Waals surface area contributed by atoms with Crippen LogP contribution in [-0.4, -0.2) is 0 Å². The summed E-state index contributed by atoms with van der Waals surface area (Å²) in [5.74, 6) is 0.679. The number of halogens is 2. The first-order valence-corrected chi connectivity index (χ1v) is 6.57. The highest BCUT2D eigenvalue weighted by molar-refractivity contribution is 7.16. The molecule has 0 aliphatic carbocycles. The molecule has 0 aliphatic heterocycles. The van der Waals surface area contributed by atoms with E-state index < -0.39 is 0 Å². The van der Waals surface area contributed by atoms with Crippen LogP contribution in [0.1, 0.15) is 42.5 Å². The van der Waals surface area contributed by atoms with E-state index in [1.165, 1.54) is 11.3 Å². The summed E-state index contributed by atoms with van der Waals surface area (Å²) in [6.07, 6.45) is 2.22. The zero-order valence-corrected chi connectivity index (χ0v) is 11.1. The van der Waals surface area contributed by atoms with E-state index in [1.807, 2.05) is 6.92 Å². The van der Waals surface area contributed by atoms with E-state index in [4.69, 9.17) is 23.2 Å². The molecule has 1 aromatic heterocycles. The van der Waals surface area contributed by atoms with Crippen LogP contribution in [0, 0.1) is 12.8 Å². The van der Waals surface area contributed by atoms with Crippen molar-refractivity contribution < 1.29 is 0 Å². The second-order valence-corrected chi connectivity index (χ2v) is 6.03. The molecule has 1 heterocycles. The van der Waals surface area contributed by atoms with Crippen molar-refractivity contribution in [3.05, 3.63) is 20.8 Å². The Morgan fingerprint density at radius 3 is 2.57 bits per heavy atom. The summed E-state index contributed by atoms with van der Waals surface area (Å²) in [7, 11) is 0. The van der Waals surface area contributed by atoms with Crippen molar-refractivity contribution in [3.63, 3.8) is 0 Å². The van der Waals surface area contributed by atoms with Gasteiger partial charge in [-0.2, -0.15) is 0 Å². The molecule has 1 aromatic rings. The molecule has 0 N–H and O–H groups in total. The third-order valence-electron chi connectivity index (χ3n) is 2.49. The van der Waals surface area contributed by atoms with Crippen molar-refractivity contribution in [3.8, 4) is 0 Å². The predicted octanol–water partition coefficient (Wildman–Crippen LogP) is 5.43. The van der Waals surface area contributed by atoms with Crippen molar-refractivity contribution >= 4 is 34.5 Å². The normalized spacial score (nSPS) is 15.5. The van der Waals surface area contributed by atoms with Gasteiger partial charge in [0, 0.05) is 4.88 Å². The van der Waals surface area contributed by atoms with Crippen molar-refractivity contribution in [2.45, 2.75) is 39.0 Å². The lowest BCUT2D eigenvalue weighted by molar-refractivity contribution is 0.510. The van der Waals surface area contributed by atoms with E-state index in [0.29, 0.717) is 5.92 Å². The minimum Gasteiger partial charge on any atom is -0.127 e. The summed E-state index contributed by atoms with van der Waals surface area (Å²) in [5, 5.41) is 0.126. The second-order valence-electron chi connectivity index (χ2n) is 3.82. The molecule has 0 amide bonds. The molecule has 0 nitrogen and oxygen atoms in total. The number of thiophene rings is 1. The first kappa shape index (κ1) is 12.4. The molecule has 0 saturated heterocycles. The van der Waals surface area contributed by atoms with Crippen LogP contribution in [0.4, 0.5) is 0 Å². The van der Waals surface area contributed by atoms with E-state index >= 15 is 0 Å². The van der Waals surface area contributed by atoms with Gasteiger partial charge in [0.15, 0.2) is 0 Å². The predicted molar refractivity (Wildman–Crippen MR) is 66.7 cm³/mol. The average Bonchev–Trinajstić information content (AvgIpc) is 2.47. The Labute approximate surface area is 100 Å². The summed E-state index contributed by atoms with van der Waals surface area (Å²) in [5.41, 5.74) is 1.14. The van der Waals surface area contributed by atoms with Crippen LogP contribution in [0.5, 0.6) is 0 Å². The summed E-state index contributed by atoms with van der Waals surface area (Å²) in [4.78, 5) is 1.20. The van der Waals surface area contributed by atoms with Crippen LogP contribution in [0.25, 0.3) is 0 Å². The lowest BCUT2D eigenvalue weighted by atomic mass is 10.0. The third-order valence-corrected chi connectivity index (χ3v) is 4.70. The molecule has 0 spiro atoms. The molecule has 0 aromatic carbocycles. The van der Waals surface area contributed by atoms with E-state index in [2.05, 4.69) is 19.9 Å². The second kappa shape index (κ2) is 5.39. The van der Waals surface area contributed by atoms with Gasteiger partial charge < -0.3 is 0 Å². The highest BCUT2D eigenvalue weighted by Gasteiger charge is 2.15. The van der Waals surface area contributed by atoms with E-state index in [9.17, 15) is 0 Å². The minimum atomic E-state index is 0.126. The topological polar surface area (TPSA) is 0 Å². The monoisotopic (exact) mass is 250 g/mol. The first-order valence-electron chi connectivity index (χ1n) is 4.94. The third kappa shape index (κ3) is 3.15. The lowest BCUT2D eigenvalue weighted by Crippen LogP contribution is -1.97. The van der Waals surface area contributed by atoms with Crippen molar-refractivity contribution in [1.29, 1.82) is 0 Å². The average molecular weight is 251 g/mol. The molecule has 3 heteroatoms. The fourth-order valence-electron chi connectivity index (χ4n) is 1.27. The standard InChI is InChI=1S/C11H16Cl2S/c1-4-7(2)5-9(12)10-6-8(3)11(13)14-10/h6-7,9H,4-5H2,1-3H3. The number of rotatable bonds is 4. The smallest absolute Gasteiger partial charge is 0.0960 e. The summed E-state index contributed by atoms with van der Waals surface area (Å²) < 4.78 is 0.870. The molecule has 14 heavy (non-hydrogen) atoms. The van der Waals surface area contributed by atoms with Gasteiger partial charge in [0.25, 0.3) is 0 Å². The number of alkyl halides is 1. The molecule has 1 rings (SSSR count). The van der Waals surface area contributed by atoms with Gasteiger partial charge in [0.2, 0.25) is 0 Å². The molecular formula is C11H16Cl2S. The Morgan fingerprint density at radius 2 is 2.14 bits per heavy atom. The van der Waals surface area contributed by atoms with Crippen LogP contribution in [0.2, 0.25) is 4.34 Å². The minimum absolute atomic E-state index is 0.126. The maximum atomic E-state index is 6.32. The van der Waals surface area contributed by atoms with Crippen molar-refractivity contribution in [1.82, 2.24) is 0 Å². The quantitative estimate of drug-likeness (QED) is 0.626. The molecular weight excluding hydrogens is 235 g/mol. The van der Waals surface area contributed by atoms with Crippen molar-refractivity contribution in [2.75, 3.05) is 0 Å². The molecule has 0 saturated carbocycles. The van der Waals surface area contributed by atoms with Gasteiger partial charge in [-0.05, 0) is 30.9 Å². The van der Waals surface area contributed by atoms with Crippen molar-refractivity contribution in [2.24, 2.45) is 5.92 Å². The molecule has 0 bridgehead atoms. The zero-order valence-electron chi connectivity index (χ0n) is 8.81. The molecule has 0 aliphatic rings. The molecule has 2 atom stereocenters. The SMILES string of the molecule is CCC(C)CC(Cl)c1cc(C)c(Cl)s1. The highest BCUT2D eigenvalue weighted by Crippen LogP contribution is 2.37. The summed E-state index contributed by atoms with van der Waals surface area (Å²) in [6.45, 7) is 6.45. The van der Waals surface area contributed by atoms with Crippen LogP contribution in [-0.2, 0) is 0 Å². The summed E-state index contributed by atoms with van der Waals surface area (Å²) in [6, 6.07) is 2.10. The largest absolute Gasteiger partial charge is 0.127 e. The number of hydrogen-bond acceptors (Lipinski definition) is 1. The highest BCUT2D eigenvalue weighted by atomic mass is 35.5. The first-order chi connectivity index (χ1) is 6.54. The van der Waals surface area contributed by atoms with Gasteiger partial charge in [-0.1, -0.05) is 31.9 Å². The van der Waals surface area contributed by atoms with Crippen LogP contribution in [0.3, 0.4) is 0 Å². The Balaban J connectivity index is 2.64.